The summed E-state index contributed by atoms with van der Waals surface area (Å²) in [6.07, 6.45) is 0. The Kier molecular flexibility index (Phi) is 4.09. The second kappa shape index (κ2) is 7.78. The number of rotatable bonds is 0. The molecular weight excluding hydrogens is 536 g/mol. The van der Waals surface area contributed by atoms with Gasteiger partial charge in [-0.15, -0.1) is 0 Å². The van der Waals surface area contributed by atoms with E-state index in [4.69, 9.17) is 0 Å². The fourth-order valence-corrected chi connectivity index (χ4v) is 9.47. The van der Waals surface area contributed by atoms with E-state index in [2.05, 4.69) is 121 Å². The van der Waals surface area contributed by atoms with Crippen molar-refractivity contribution >= 4 is 11.6 Å². The third-order valence-corrected chi connectivity index (χ3v) is 11.1. The van der Waals surface area contributed by atoms with E-state index in [1.165, 1.54) is 44.5 Å². The van der Waals surface area contributed by atoms with Gasteiger partial charge < -0.3 is 0 Å². The molecular formula is C42H24O2. The van der Waals surface area contributed by atoms with Gasteiger partial charge in [0.2, 0.25) is 0 Å². The zero-order valence-corrected chi connectivity index (χ0v) is 23.7. The highest BCUT2D eigenvalue weighted by Crippen LogP contribution is 2.58. The molecule has 4 bridgehead atoms. The first-order valence-electron chi connectivity index (χ1n) is 15.5. The van der Waals surface area contributed by atoms with E-state index >= 15 is 0 Å². The maximum absolute atomic E-state index is 14.5. The first-order valence-corrected chi connectivity index (χ1v) is 15.5. The van der Waals surface area contributed by atoms with Crippen molar-refractivity contribution < 1.29 is 9.59 Å². The van der Waals surface area contributed by atoms with Gasteiger partial charge in [0.25, 0.3) is 0 Å². The highest BCUT2D eigenvalue weighted by atomic mass is 16.1. The fourth-order valence-electron chi connectivity index (χ4n) is 9.47. The molecule has 2 heteroatoms. The molecule has 2 nitrogen and oxygen atoms in total. The second-order valence-electron chi connectivity index (χ2n) is 13.0. The smallest absolute Gasteiger partial charge is 0.194 e. The molecule has 0 amide bonds. The maximum atomic E-state index is 14.5. The zero-order valence-electron chi connectivity index (χ0n) is 23.7. The molecule has 0 atom stereocenters. The number of ketones is 2. The van der Waals surface area contributed by atoms with Crippen LogP contribution in [0.1, 0.15) is 122 Å². The van der Waals surface area contributed by atoms with Crippen LogP contribution >= 0.6 is 0 Å². The lowest BCUT2D eigenvalue weighted by atomic mass is 9.59. The van der Waals surface area contributed by atoms with E-state index in [0.29, 0.717) is 22.3 Å². The lowest BCUT2D eigenvalue weighted by Crippen LogP contribution is -2.31. The highest BCUT2D eigenvalue weighted by Gasteiger charge is 2.45. The Morgan fingerprint density at radius 3 is 0.636 bits per heavy atom. The Labute approximate surface area is 254 Å². The molecule has 204 valence electrons. The summed E-state index contributed by atoms with van der Waals surface area (Å²) in [6, 6.07) is 42.9. The van der Waals surface area contributed by atoms with Gasteiger partial charge >= 0.3 is 0 Å². The molecule has 0 saturated heterocycles. The molecule has 6 aromatic rings. The quantitative estimate of drug-likeness (QED) is 0.187. The van der Waals surface area contributed by atoms with Crippen LogP contribution in [0, 0.1) is 0 Å². The van der Waals surface area contributed by atoms with E-state index in [9.17, 15) is 9.59 Å². The highest BCUT2D eigenvalue weighted by molar-refractivity contribution is 6.28. The summed E-state index contributed by atoms with van der Waals surface area (Å²) in [6.45, 7) is 0. The summed E-state index contributed by atoms with van der Waals surface area (Å²) in [5.41, 5.74) is 17.3. The summed E-state index contributed by atoms with van der Waals surface area (Å²) in [5.74, 6) is 0.166. The molecule has 0 fully saturated rings. The topological polar surface area (TPSA) is 34.1 Å². The summed E-state index contributed by atoms with van der Waals surface area (Å²) < 4.78 is 0. The van der Waals surface area contributed by atoms with Crippen molar-refractivity contribution in [1.29, 1.82) is 0 Å². The summed E-state index contributed by atoms with van der Waals surface area (Å²) >= 11 is 0. The van der Waals surface area contributed by atoms with Crippen LogP contribution < -0.4 is 0 Å². The first kappa shape index (κ1) is 23.2. The van der Waals surface area contributed by atoms with Gasteiger partial charge in [0, 0.05) is 45.9 Å². The molecule has 6 aromatic carbocycles. The van der Waals surface area contributed by atoms with Crippen LogP contribution in [0.3, 0.4) is 0 Å². The fraction of sp³-hybridized carbons (Fsp3) is 0.0952. The normalized spacial score (nSPS) is 21.7. The SMILES string of the molecule is O=C1c2cc3c(cc2C(=O)c2cc4c(cc21)C1c2ccccc2C4c2ccccc21)C1c2ccccc2C3c2ccccc21. The molecule has 13 rings (SSSR count). The number of hydrogen-bond acceptors (Lipinski definition) is 2. The molecule has 0 saturated carbocycles. The average molecular weight is 561 g/mol. The van der Waals surface area contributed by atoms with Gasteiger partial charge in [0.05, 0.1) is 0 Å². The zero-order chi connectivity index (χ0) is 28.8. The molecule has 0 radical (unpaired) electrons. The molecule has 0 N–H and O–H groups in total. The van der Waals surface area contributed by atoms with Crippen LogP contribution in [-0.4, -0.2) is 11.6 Å². The van der Waals surface area contributed by atoms with E-state index in [0.717, 1.165) is 22.3 Å². The van der Waals surface area contributed by atoms with E-state index in [1.807, 2.05) is 0 Å². The predicted octanol–water partition coefficient (Wildman–Crippen LogP) is 8.44. The van der Waals surface area contributed by atoms with Gasteiger partial charge in [-0.05, 0) is 91.0 Å². The summed E-state index contributed by atoms with van der Waals surface area (Å²) in [7, 11) is 0. The Bertz CT molecular complexity index is 1940. The Balaban J connectivity index is 1.13. The third kappa shape index (κ3) is 2.57. The largest absolute Gasteiger partial charge is 0.289 e. The number of hydrogen-bond donors (Lipinski definition) is 0. The average Bonchev–Trinajstić information content (AvgIpc) is 3.09. The molecule has 0 aliphatic heterocycles. The predicted molar refractivity (Wildman–Crippen MR) is 169 cm³/mol. The molecule has 44 heavy (non-hydrogen) atoms. The van der Waals surface area contributed by atoms with Gasteiger partial charge in [-0.2, -0.15) is 0 Å². The summed E-state index contributed by atoms with van der Waals surface area (Å²) in [4.78, 5) is 28.9. The van der Waals surface area contributed by atoms with E-state index in [-0.39, 0.29) is 35.2 Å². The van der Waals surface area contributed by atoms with Crippen molar-refractivity contribution in [3.05, 3.63) is 210 Å². The Morgan fingerprint density at radius 1 is 0.273 bits per heavy atom. The van der Waals surface area contributed by atoms with Crippen LogP contribution in [0.15, 0.2) is 121 Å². The van der Waals surface area contributed by atoms with Gasteiger partial charge in [-0.1, -0.05) is 97.1 Å². The first-order chi connectivity index (χ1) is 21.7. The van der Waals surface area contributed by atoms with Crippen molar-refractivity contribution in [3.63, 3.8) is 0 Å². The van der Waals surface area contributed by atoms with E-state index in [1.54, 1.807) is 0 Å². The lowest BCUT2D eigenvalue weighted by molar-refractivity contribution is 0.0978. The molecule has 0 heterocycles. The van der Waals surface area contributed by atoms with Crippen molar-refractivity contribution in [2.45, 2.75) is 23.7 Å². The third-order valence-electron chi connectivity index (χ3n) is 11.1. The number of carbonyl (C=O) groups excluding carboxylic acids is 2. The lowest BCUT2D eigenvalue weighted by Gasteiger charge is -2.43. The van der Waals surface area contributed by atoms with Crippen molar-refractivity contribution in [3.8, 4) is 0 Å². The number of fused-ring (bicyclic) bond motifs is 2. The van der Waals surface area contributed by atoms with Crippen LogP contribution in [0.2, 0.25) is 0 Å². The number of benzene rings is 6. The van der Waals surface area contributed by atoms with Crippen molar-refractivity contribution in [1.82, 2.24) is 0 Å². The molecule has 7 aliphatic carbocycles. The molecule has 0 spiro atoms. The van der Waals surface area contributed by atoms with Gasteiger partial charge in [0.1, 0.15) is 0 Å². The van der Waals surface area contributed by atoms with Crippen LogP contribution in [0.25, 0.3) is 0 Å². The summed E-state index contributed by atoms with van der Waals surface area (Å²) in [5, 5.41) is 0. The van der Waals surface area contributed by atoms with Gasteiger partial charge in [-0.3, -0.25) is 9.59 Å². The van der Waals surface area contributed by atoms with E-state index < -0.39 is 0 Å². The van der Waals surface area contributed by atoms with Crippen LogP contribution in [0.5, 0.6) is 0 Å². The van der Waals surface area contributed by atoms with Crippen LogP contribution in [0.4, 0.5) is 0 Å². The Hall–Kier alpha value is -5.34. The maximum Gasteiger partial charge on any atom is 0.194 e. The standard InChI is InChI=1S/C42H24O2/c43-41-33-17-29-30(38-22-10-2-1-9-21(22)37(29)23-11-3-4-12-24(23)38)18-34(33)42(44)36-20-32-31(19-35(36)41)39-25-13-5-7-15-27(25)40(32)28-16-8-6-14-26(28)39/h1-20,37-40H. The number of carbonyl (C=O) groups is 2. The molecule has 0 aromatic heterocycles. The van der Waals surface area contributed by atoms with Gasteiger partial charge in [0.15, 0.2) is 11.6 Å². The molecule has 0 unspecified atom stereocenters. The Morgan fingerprint density at radius 2 is 0.455 bits per heavy atom. The minimum atomic E-state index is -0.0359. The minimum absolute atomic E-state index is 0.0359. The second-order valence-corrected chi connectivity index (χ2v) is 13.0. The van der Waals surface area contributed by atoms with Crippen molar-refractivity contribution in [2.75, 3.05) is 0 Å². The minimum Gasteiger partial charge on any atom is -0.289 e. The molecule has 7 aliphatic rings. The van der Waals surface area contributed by atoms with Gasteiger partial charge in [-0.25, -0.2) is 0 Å². The van der Waals surface area contributed by atoms with Crippen LogP contribution in [-0.2, 0) is 0 Å². The monoisotopic (exact) mass is 560 g/mol. The van der Waals surface area contributed by atoms with Crippen molar-refractivity contribution in [2.24, 2.45) is 0 Å².